The van der Waals surface area contributed by atoms with E-state index in [0.717, 1.165) is 56.6 Å². The van der Waals surface area contributed by atoms with Crippen LogP contribution in [0.2, 0.25) is 20.1 Å². The molecule has 12 rings (SSSR count). The van der Waals surface area contributed by atoms with Gasteiger partial charge in [-0.05, 0) is 31.2 Å². The van der Waals surface area contributed by atoms with E-state index in [9.17, 15) is 29.8 Å². The van der Waals surface area contributed by atoms with Crippen LogP contribution in [-0.2, 0) is 47.4 Å². The van der Waals surface area contributed by atoms with Gasteiger partial charge in [-0.3, -0.25) is 18.7 Å². The molecule has 8 heterocycles. The Morgan fingerprint density at radius 3 is 1.74 bits per heavy atom. The number of nitrogens with two attached hydrogens (primary N) is 1. The van der Waals surface area contributed by atoms with E-state index in [2.05, 4.69) is 35.4 Å². The SMILES string of the molecule is CS(N)(=O)=O.Cc1nc(NCCNS(C)(=O)=O)nc(Nc2ccccc2S(=O)(=O)O)n1.Clc1c(Cl)c(Cl)c2c(c1Cl)C1=NC3=NC(=Nc4c5ncccc5c5n4Cn4c(c6ccccc6c4=N5)=NC2=N1)c1ccccc13.O=S(=O)=O. The van der Waals surface area contributed by atoms with Crippen molar-refractivity contribution in [3.8, 4) is 0 Å². The molecule has 26 nitrogen and oxygen atoms in total. The van der Waals surface area contributed by atoms with E-state index < -0.39 is 40.8 Å². The third-order valence-electron chi connectivity index (χ3n) is 11.3. The van der Waals surface area contributed by atoms with E-state index in [1.807, 2.05) is 69.8 Å². The Bertz CT molecular complexity index is 4680. The molecule has 0 atom stereocenters. The summed E-state index contributed by atoms with van der Waals surface area (Å²) < 4.78 is 105. The lowest BCUT2D eigenvalue weighted by atomic mass is 10.1. The molecule has 0 spiro atoms. The molecule has 0 aliphatic carbocycles. The standard InChI is InChI=1S/C32H13Cl4N9.C13H18N6O5S2.CH5NO2S.O3S/c33-20-18-19(21(34)23(36)22(20)35)28-40-27(18)39-25-13-6-1-2-7-14(13)26(38-25)41-32-24-17(10-5-11-37-24)31-43-30-16-9-4-3-8-15(16)29(42-28)44(30)12-45(31)32;1-9-16-12(14-7-8-15-25(2,20)21)19-13(17-9)18-10-5-3-4-6-11(10)26(22,23)24;1-5(2,3)4;1-4(2)3/h1-11H,12H2;3-6,15H,7-8H2,1-2H3,(H,22,23,24)(H2,14,16,17,18,19);1H3,(H2,2,3,4);. The smallest absolute Gasteiger partial charge is 0.353 e. The van der Waals surface area contributed by atoms with Gasteiger partial charge >= 0.3 is 10.6 Å². The molecule has 0 radical (unpaired) electrons. The Kier molecular flexibility index (Phi) is 16.1. The number of para-hydroxylation sites is 1. The maximum atomic E-state index is 11.4. The fourth-order valence-electron chi connectivity index (χ4n) is 8.32. The highest BCUT2D eigenvalue weighted by molar-refractivity contribution is 7.88. The maximum absolute atomic E-state index is 11.4. The Hall–Kier alpha value is -7.49. The van der Waals surface area contributed by atoms with Gasteiger partial charge in [-0.1, -0.05) is 107 Å². The van der Waals surface area contributed by atoms with Gasteiger partial charge in [0.2, 0.25) is 31.9 Å². The summed E-state index contributed by atoms with van der Waals surface area (Å²) in [5.41, 5.74) is 4.68. The van der Waals surface area contributed by atoms with Gasteiger partial charge in [0.15, 0.2) is 29.2 Å². The minimum atomic E-state index is -4.42. The monoisotopic (exact) mass is 1240 g/mol. The van der Waals surface area contributed by atoms with E-state index >= 15 is 0 Å². The number of aliphatic imine (C=N–C) groups is 4. The summed E-state index contributed by atoms with van der Waals surface area (Å²) in [6, 6.07) is 25.4. The van der Waals surface area contributed by atoms with Crippen molar-refractivity contribution in [1.29, 1.82) is 0 Å². The molecule has 412 valence electrons. The van der Waals surface area contributed by atoms with E-state index in [1.165, 1.54) is 18.2 Å². The van der Waals surface area contributed by atoms with Gasteiger partial charge in [-0.25, -0.2) is 56.7 Å². The Labute approximate surface area is 474 Å². The number of pyridine rings is 1. The Balaban J connectivity index is 0.000000188. The number of aromatic nitrogens is 6. The van der Waals surface area contributed by atoms with Crippen LogP contribution in [0.5, 0.6) is 0 Å². The van der Waals surface area contributed by atoms with Crippen molar-refractivity contribution in [1.82, 2.24) is 33.8 Å². The van der Waals surface area contributed by atoms with Crippen LogP contribution in [0.1, 0.15) is 28.1 Å². The van der Waals surface area contributed by atoms with Crippen molar-refractivity contribution >= 4 is 161 Å². The second-order valence-electron chi connectivity index (χ2n) is 17.0. The Morgan fingerprint density at radius 1 is 0.613 bits per heavy atom. The van der Waals surface area contributed by atoms with Crippen molar-refractivity contribution in [3.05, 3.63) is 150 Å². The first-order valence-electron chi connectivity index (χ1n) is 22.6. The van der Waals surface area contributed by atoms with E-state index in [-0.39, 0.29) is 61.5 Å². The van der Waals surface area contributed by atoms with Crippen LogP contribution in [-0.4, -0.2) is 120 Å². The molecule has 80 heavy (non-hydrogen) atoms. The zero-order valence-corrected chi connectivity index (χ0v) is 47.3. The van der Waals surface area contributed by atoms with Gasteiger partial charge in [-0.2, -0.15) is 23.4 Å². The number of nitrogens with one attached hydrogen (secondary N) is 3. The molecular formula is C46H36Cl4N16O10S4. The van der Waals surface area contributed by atoms with E-state index in [4.69, 9.17) is 94.0 Å². The summed E-state index contributed by atoms with van der Waals surface area (Å²) in [5, 5.41) is 13.2. The van der Waals surface area contributed by atoms with Gasteiger partial charge in [0.1, 0.15) is 39.7 Å². The minimum absolute atomic E-state index is 0.0622. The van der Waals surface area contributed by atoms with Crippen LogP contribution in [0.25, 0.3) is 21.7 Å². The molecule has 4 aromatic carbocycles. The van der Waals surface area contributed by atoms with E-state index in [1.54, 1.807) is 19.2 Å². The summed E-state index contributed by atoms with van der Waals surface area (Å²) in [6.45, 7) is 2.34. The van der Waals surface area contributed by atoms with Crippen molar-refractivity contribution < 1.29 is 42.4 Å². The first kappa shape index (κ1) is 57.2. The number of primary sulfonamides is 1. The van der Waals surface area contributed by atoms with Gasteiger partial charge in [0.25, 0.3) is 10.1 Å². The first-order chi connectivity index (χ1) is 37.8. The van der Waals surface area contributed by atoms with Crippen LogP contribution < -0.4 is 31.5 Å². The molecule has 34 heteroatoms. The van der Waals surface area contributed by atoms with Crippen LogP contribution in [0.15, 0.2) is 126 Å². The first-order valence-corrected chi connectivity index (χ1v) is 30.4. The third-order valence-corrected chi connectivity index (χ3v) is 14.7. The number of anilines is 3. The lowest BCUT2D eigenvalue weighted by Crippen LogP contribution is -2.33. The fourth-order valence-corrected chi connectivity index (χ4v) is 10.5. The number of sulfonamides is 2. The molecule has 0 saturated heterocycles. The normalized spacial score (nSPS) is 13.6. The molecule has 6 N–H and O–H groups in total. The zero-order valence-electron chi connectivity index (χ0n) is 41.0. The fraction of sp³-hybridized carbons (Fsp3) is 0.130. The number of fused-ring (bicyclic) bond motifs is 14. The van der Waals surface area contributed by atoms with Gasteiger partial charge < -0.3 is 10.6 Å². The topological polar surface area (TPSA) is 372 Å². The van der Waals surface area contributed by atoms with Gasteiger partial charge in [-0.15, -0.1) is 12.6 Å². The zero-order chi connectivity index (χ0) is 57.6. The van der Waals surface area contributed by atoms with E-state index in [0.29, 0.717) is 52.4 Å². The molecule has 8 aromatic rings. The number of amidine groups is 4. The van der Waals surface area contributed by atoms with Crippen molar-refractivity contribution in [3.63, 3.8) is 0 Å². The summed E-state index contributed by atoms with van der Waals surface area (Å²) in [5.74, 6) is 3.44. The summed E-state index contributed by atoms with van der Waals surface area (Å²) in [6.07, 6.45) is 3.74. The highest BCUT2D eigenvalue weighted by atomic mass is 35.5. The predicted molar refractivity (Wildman–Crippen MR) is 302 cm³/mol. The Morgan fingerprint density at radius 2 is 1.12 bits per heavy atom. The largest absolute Gasteiger partial charge is 0.425 e. The van der Waals surface area contributed by atoms with Crippen LogP contribution >= 0.6 is 46.4 Å². The molecule has 6 bridgehead atoms. The molecule has 0 fully saturated rings. The molecule has 4 aliphatic heterocycles. The number of halogens is 4. The van der Waals surface area contributed by atoms with Crippen molar-refractivity contribution in [2.75, 3.05) is 36.2 Å². The highest BCUT2D eigenvalue weighted by Gasteiger charge is 2.34. The van der Waals surface area contributed by atoms with Crippen LogP contribution in [0, 0.1) is 6.92 Å². The highest BCUT2D eigenvalue weighted by Crippen LogP contribution is 2.45. The van der Waals surface area contributed by atoms with Gasteiger partial charge in [0.05, 0.1) is 49.4 Å². The van der Waals surface area contributed by atoms with Crippen molar-refractivity contribution in [2.45, 2.75) is 18.5 Å². The molecule has 0 amide bonds. The van der Waals surface area contributed by atoms with Crippen LogP contribution in [0.4, 0.5) is 29.2 Å². The molecule has 0 saturated carbocycles. The summed E-state index contributed by atoms with van der Waals surface area (Å²) in [7, 11) is -14.0. The average molecular weight is 1240 g/mol. The van der Waals surface area contributed by atoms with Crippen molar-refractivity contribution in [2.24, 2.45) is 35.1 Å². The number of hydrogen-bond donors (Lipinski definition) is 5. The second-order valence-corrected chi connectivity index (χ2v) is 23.8. The third kappa shape index (κ3) is 12.3. The number of nitrogens with zero attached hydrogens (tertiary/aromatic N) is 12. The minimum Gasteiger partial charge on any atom is -0.353 e. The summed E-state index contributed by atoms with van der Waals surface area (Å²) >= 11 is 26.8. The summed E-state index contributed by atoms with van der Waals surface area (Å²) in [4.78, 5) is 46.8. The molecular weight excluding hydrogens is 1210 g/mol. The lowest BCUT2D eigenvalue weighted by Gasteiger charge is -2.15. The number of aryl methyl sites for hydroxylation is 1. The second kappa shape index (κ2) is 22.6. The van der Waals surface area contributed by atoms with Gasteiger partial charge in [0, 0.05) is 46.6 Å². The number of benzene rings is 4. The molecule has 4 aromatic heterocycles. The average Bonchev–Trinajstić information content (AvgIpc) is 4.18. The maximum Gasteiger partial charge on any atom is 0.425 e. The lowest BCUT2D eigenvalue weighted by molar-refractivity contribution is 0.483. The number of rotatable bonds is 8. The molecule has 0 unspecified atom stereocenters. The predicted octanol–water partition coefficient (Wildman–Crippen LogP) is 5.09. The molecule has 4 aliphatic rings. The number of hydrogen-bond acceptors (Lipinski definition) is 21. The quantitative estimate of drug-likeness (QED) is 0.0573. The van der Waals surface area contributed by atoms with Crippen LogP contribution in [0.3, 0.4) is 0 Å².